The summed E-state index contributed by atoms with van der Waals surface area (Å²) < 4.78 is 13.8. The maximum atomic E-state index is 13.8. The molecule has 2 aromatic rings. The molecule has 0 aliphatic rings. The van der Waals surface area contributed by atoms with Crippen molar-refractivity contribution >= 4 is 23.1 Å². The maximum absolute atomic E-state index is 13.8. The molecule has 0 saturated carbocycles. The lowest BCUT2D eigenvalue weighted by atomic mass is 10.1. The Hall–Kier alpha value is -2.34. The van der Waals surface area contributed by atoms with Crippen LogP contribution < -0.4 is 11.1 Å². The normalized spacial score (nSPS) is 10.1. The molecule has 1 heterocycles. The van der Waals surface area contributed by atoms with Crippen LogP contribution in [0.15, 0.2) is 42.6 Å². The minimum absolute atomic E-state index is 0.0683. The summed E-state index contributed by atoms with van der Waals surface area (Å²) in [6, 6.07) is 9.42. The van der Waals surface area contributed by atoms with E-state index >= 15 is 0 Å². The van der Waals surface area contributed by atoms with Crippen molar-refractivity contribution in [1.29, 1.82) is 0 Å². The Morgan fingerprint density at radius 3 is 2.75 bits per heavy atom. The highest BCUT2D eigenvalue weighted by Gasteiger charge is 2.09. The van der Waals surface area contributed by atoms with Crippen molar-refractivity contribution in [2.75, 3.05) is 0 Å². The molecule has 4 nitrogen and oxygen atoms in total. The number of halogens is 1. The highest BCUT2D eigenvalue weighted by molar-refractivity contribution is 7.80. The van der Waals surface area contributed by atoms with E-state index in [9.17, 15) is 9.18 Å². The van der Waals surface area contributed by atoms with E-state index in [0.29, 0.717) is 11.1 Å². The van der Waals surface area contributed by atoms with Gasteiger partial charge >= 0.3 is 0 Å². The first-order valence-electron chi connectivity index (χ1n) is 5.85. The van der Waals surface area contributed by atoms with Crippen LogP contribution in [0.2, 0.25) is 0 Å². The summed E-state index contributed by atoms with van der Waals surface area (Å²) in [6.07, 6.45) is 1.52. The third kappa shape index (κ3) is 3.36. The first kappa shape index (κ1) is 14.1. The Bertz CT molecular complexity index is 646. The molecule has 102 valence electrons. The number of pyridine rings is 1. The van der Waals surface area contributed by atoms with Crippen LogP contribution in [0.25, 0.3) is 0 Å². The third-order valence-corrected chi connectivity index (χ3v) is 2.91. The van der Waals surface area contributed by atoms with Gasteiger partial charge in [-0.15, -0.1) is 0 Å². The second-order valence-electron chi connectivity index (χ2n) is 4.07. The molecular weight excluding hydrogens is 277 g/mol. The fraction of sp³-hybridized carbons (Fsp3) is 0.0714. The maximum Gasteiger partial charge on any atom is 0.270 e. The van der Waals surface area contributed by atoms with Gasteiger partial charge in [-0.2, -0.15) is 0 Å². The van der Waals surface area contributed by atoms with E-state index in [1.54, 1.807) is 30.3 Å². The van der Waals surface area contributed by atoms with Crippen LogP contribution in [0.3, 0.4) is 0 Å². The monoisotopic (exact) mass is 289 g/mol. The summed E-state index contributed by atoms with van der Waals surface area (Å²) >= 11 is 4.77. The van der Waals surface area contributed by atoms with Gasteiger partial charge in [0.25, 0.3) is 5.91 Å². The molecule has 0 saturated heterocycles. The predicted molar refractivity (Wildman–Crippen MR) is 77.7 cm³/mol. The van der Waals surface area contributed by atoms with E-state index < -0.39 is 5.82 Å². The van der Waals surface area contributed by atoms with E-state index in [2.05, 4.69) is 10.3 Å². The minimum Gasteiger partial charge on any atom is -0.389 e. The molecule has 6 heteroatoms. The second kappa shape index (κ2) is 6.21. The molecule has 0 unspecified atom stereocenters. The SMILES string of the molecule is NC(=S)c1ccc(CNC(=O)c2ccccn2)c(F)c1. The van der Waals surface area contributed by atoms with Crippen LogP contribution in [0.5, 0.6) is 0 Å². The lowest BCUT2D eigenvalue weighted by Gasteiger charge is -2.07. The van der Waals surface area contributed by atoms with E-state index in [0.717, 1.165) is 0 Å². The number of rotatable bonds is 4. The number of benzene rings is 1. The van der Waals surface area contributed by atoms with Gasteiger partial charge in [0.1, 0.15) is 16.5 Å². The number of carbonyl (C=O) groups is 1. The fourth-order valence-corrected chi connectivity index (χ4v) is 1.73. The zero-order valence-corrected chi connectivity index (χ0v) is 11.3. The lowest BCUT2D eigenvalue weighted by Crippen LogP contribution is -2.24. The average Bonchev–Trinajstić information content (AvgIpc) is 2.46. The largest absolute Gasteiger partial charge is 0.389 e. The molecule has 3 N–H and O–H groups in total. The molecular formula is C14H12FN3OS. The molecule has 20 heavy (non-hydrogen) atoms. The number of nitrogens with two attached hydrogens (primary N) is 1. The number of nitrogens with one attached hydrogen (secondary N) is 1. The van der Waals surface area contributed by atoms with Crippen LogP contribution in [-0.4, -0.2) is 15.9 Å². The molecule has 0 radical (unpaired) electrons. The molecule has 0 atom stereocenters. The molecule has 2 rings (SSSR count). The number of hydrogen-bond acceptors (Lipinski definition) is 3. The van der Waals surface area contributed by atoms with Crippen LogP contribution in [0.4, 0.5) is 4.39 Å². The summed E-state index contributed by atoms with van der Waals surface area (Å²) in [5, 5.41) is 2.60. The van der Waals surface area contributed by atoms with Crippen molar-refractivity contribution in [3.63, 3.8) is 0 Å². The Kier molecular flexibility index (Phi) is 4.37. The van der Waals surface area contributed by atoms with Crippen molar-refractivity contribution < 1.29 is 9.18 Å². The van der Waals surface area contributed by atoms with Gasteiger partial charge in [-0.05, 0) is 18.2 Å². The third-order valence-electron chi connectivity index (χ3n) is 2.67. The summed E-state index contributed by atoms with van der Waals surface area (Å²) in [5.74, 6) is -0.819. The van der Waals surface area contributed by atoms with Crippen molar-refractivity contribution in [3.8, 4) is 0 Å². The van der Waals surface area contributed by atoms with E-state index in [1.165, 1.54) is 12.3 Å². The summed E-state index contributed by atoms with van der Waals surface area (Å²) in [5.41, 5.74) is 6.51. The van der Waals surface area contributed by atoms with Crippen LogP contribution in [0.1, 0.15) is 21.6 Å². The first-order chi connectivity index (χ1) is 9.58. The summed E-state index contributed by atoms with van der Waals surface area (Å²) in [6.45, 7) is 0.0683. The molecule has 0 aliphatic carbocycles. The smallest absolute Gasteiger partial charge is 0.270 e. The Morgan fingerprint density at radius 2 is 2.15 bits per heavy atom. The Labute approximate surface area is 120 Å². The number of amides is 1. The van der Waals surface area contributed by atoms with E-state index in [1.807, 2.05) is 0 Å². The molecule has 0 fully saturated rings. The van der Waals surface area contributed by atoms with Gasteiger partial charge in [0.2, 0.25) is 0 Å². The second-order valence-corrected chi connectivity index (χ2v) is 4.51. The van der Waals surface area contributed by atoms with Gasteiger partial charge in [-0.3, -0.25) is 9.78 Å². The first-order valence-corrected chi connectivity index (χ1v) is 6.26. The molecule has 1 amide bonds. The number of hydrogen-bond donors (Lipinski definition) is 2. The highest BCUT2D eigenvalue weighted by Crippen LogP contribution is 2.10. The zero-order chi connectivity index (χ0) is 14.5. The van der Waals surface area contributed by atoms with Crippen molar-refractivity contribution in [2.24, 2.45) is 5.73 Å². The molecule has 1 aromatic heterocycles. The van der Waals surface area contributed by atoms with Crippen LogP contribution in [-0.2, 0) is 6.54 Å². The van der Waals surface area contributed by atoms with Gasteiger partial charge in [0, 0.05) is 23.9 Å². The number of thiocarbonyl (C=S) groups is 1. The summed E-state index contributed by atoms with van der Waals surface area (Å²) in [4.78, 5) is 15.8. The van der Waals surface area contributed by atoms with Gasteiger partial charge in [-0.1, -0.05) is 30.4 Å². The molecule has 0 aliphatic heterocycles. The summed E-state index contributed by atoms with van der Waals surface area (Å²) in [7, 11) is 0. The van der Waals surface area contributed by atoms with Gasteiger partial charge in [0.15, 0.2) is 0 Å². The Morgan fingerprint density at radius 1 is 1.35 bits per heavy atom. The topological polar surface area (TPSA) is 68.0 Å². The zero-order valence-electron chi connectivity index (χ0n) is 10.5. The van der Waals surface area contributed by atoms with Crippen molar-refractivity contribution in [2.45, 2.75) is 6.54 Å². The number of carbonyl (C=O) groups excluding carboxylic acids is 1. The fourth-order valence-electron chi connectivity index (χ4n) is 1.61. The average molecular weight is 289 g/mol. The minimum atomic E-state index is -0.461. The highest BCUT2D eigenvalue weighted by atomic mass is 32.1. The standard InChI is InChI=1S/C14H12FN3OS/c15-11-7-9(13(16)20)4-5-10(11)8-18-14(19)12-3-1-2-6-17-12/h1-7H,8H2,(H2,16,20)(H,18,19). The quantitative estimate of drug-likeness (QED) is 0.842. The molecule has 0 bridgehead atoms. The van der Waals surface area contributed by atoms with E-state index in [4.69, 9.17) is 18.0 Å². The molecule has 1 aromatic carbocycles. The van der Waals surface area contributed by atoms with Crippen molar-refractivity contribution in [1.82, 2.24) is 10.3 Å². The molecule has 0 spiro atoms. The van der Waals surface area contributed by atoms with E-state index in [-0.39, 0.29) is 23.1 Å². The van der Waals surface area contributed by atoms with Gasteiger partial charge in [0.05, 0.1) is 0 Å². The number of aromatic nitrogens is 1. The number of nitrogens with zero attached hydrogens (tertiary/aromatic N) is 1. The predicted octanol–water partition coefficient (Wildman–Crippen LogP) is 1.78. The van der Waals surface area contributed by atoms with Crippen molar-refractivity contribution in [3.05, 3.63) is 65.2 Å². The van der Waals surface area contributed by atoms with Gasteiger partial charge < -0.3 is 11.1 Å². The lowest BCUT2D eigenvalue weighted by molar-refractivity contribution is 0.0945. The van der Waals surface area contributed by atoms with Crippen LogP contribution in [0, 0.1) is 5.82 Å². The van der Waals surface area contributed by atoms with Crippen LogP contribution >= 0.6 is 12.2 Å². The Balaban J connectivity index is 2.04. The van der Waals surface area contributed by atoms with Gasteiger partial charge in [-0.25, -0.2) is 4.39 Å².